The highest BCUT2D eigenvalue weighted by molar-refractivity contribution is 5.03. The van der Waals surface area contributed by atoms with Crippen LogP contribution in [0, 0.1) is 17.3 Å². The summed E-state index contributed by atoms with van der Waals surface area (Å²) in [7, 11) is 0. The Labute approximate surface area is 76.5 Å². The number of hydrogen-bond acceptors (Lipinski definition) is 0. The Bertz CT molecular complexity index is 203. The van der Waals surface area contributed by atoms with E-state index in [9.17, 15) is 13.2 Å². The summed E-state index contributed by atoms with van der Waals surface area (Å²) in [6, 6.07) is 0. The van der Waals surface area contributed by atoms with Gasteiger partial charge >= 0.3 is 6.18 Å². The van der Waals surface area contributed by atoms with Gasteiger partial charge in [-0.25, -0.2) is 0 Å². The first-order valence-corrected chi connectivity index (χ1v) is 5.05. The largest absolute Gasteiger partial charge is 0.394 e. The Morgan fingerprint density at radius 1 is 1.23 bits per heavy atom. The molecule has 0 nitrogen and oxygen atoms in total. The highest BCUT2D eigenvalue weighted by Gasteiger charge is 2.64. The molecule has 0 radical (unpaired) electrons. The molecular weight excluding hydrogens is 177 g/mol. The second kappa shape index (κ2) is 2.64. The average molecular weight is 192 g/mol. The fourth-order valence-electron chi connectivity index (χ4n) is 2.32. The Morgan fingerprint density at radius 3 is 2.15 bits per heavy atom. The molecule has 2 saturated carbocycles. The van der Waals surface area contributed by atoms with Gasteiger partial charge < -0.3 is 0 Å². The highest BCUT2D eigenvalue weighted by atomic mass is 19.4. The van der Waals surface area contributed by atoms with Crippen LogP contribution in [0.4, 0.5) is 13.2 Å². The van der Waals surface area contributed by atoms with Crippen LogP contribution >= 0.6 is 0 Å². The van der Waals surface area contributed by atoms with Gasteiger partial charge in [0.25, 0.3) is 0 Å². The van der Waals surface area contributed by atoms with Gasteiger partial charge in [-0.1, -0.05) is 13.3 Å². The van der Waals surface area contributed by atoms with E-state index in [-0.39, 0.29) is 0 Å². The lowest BCUT2D eigenvalue weighted by Crippen LogP contribution is -2.25. The number of rotatable bonds is 3. The lowest BCUT2D eigenvalue weighted by molar-refractivity contribution is -0.190. The van der Waals surface area contributed by atoms with Crippen molar-refractivity contribution < 1.29 is 13.2 Å². The Hall–Kier alpha value is -0.210. The standard InChI is InChI=1S/C10H15F3/c1-2-7-5-8(7)6-9(3-4-9)10(11,12)13/h7-8H,2-6H2,1H3. The predicted octanol–water partition coefficient (Wildman–Crippen LogP) is 3.77. The minimum atomic E-state index is -3.94. The molecule has 2 unspecified atom stereocenters. The molecule has 2 fully saturated rings. The number of halogens is 3. The second-order valence-corrected chi connectivity index (χ2v) is 4.65. The van der Waals surface area contributed by atoms with Crippen LogP contribution < -0.4 is 0 Å². The van der Waals surface area contributed by atoms with Gasteiger partial charge in [0.05, 0.1) is 5.41 Å². The van der Waals surface area contributed by atoms with Crippen molar-refractivity contribution in [2.75, 3.05) is 0 Å². The summed E-state index contributed by atoms with van der Waals surface area (Å²) in [6.07, 6.45) is -0.678. The zero-order valence-electron chi connectivity index (χ0n) is 7.82. The van der Waals surface area contributed by atoms with Crippen molar-refractivity contribution in [3.8, 4) is 0 Å². The predicted molar refractivity (Wildman–Crippen MR) is 44.2 cm³/mol. The molecule has 2 aliphatic rings. The fraction of sp³-hybridized carbons (Fsp3) is 1.00. The first-order chi connectivity index (χ1) is 5.98. The van der Waals surface area contributed by atoms with Crippen LogP contribution in [0.25, 0.3) is 0 Å². The first-order valence-electron chi connectivity index (χ1n) is 5.05. The molecule has 0 spiro atoms. The van der Waals surface area contributed by atoms with E-state index in [0.29, 0.717) is 31.1 Å². The van der Waals surface area contributed by atoms with E-state index in [1.165, 1.54) is 0 Å². The lowest BCUT2D eigenvalue weighted by Gasteiger charge is -2.18. The molecule has 13 heavy (non-hydrogen) atoms. The van der Waals surface area contributed by atoms with Crippen LogP contribution in [-0.2, 0) is 0 Å². The van der Waals surface area contributed by atoms with Gasteiger partial charge in [0.1, 0.15) is 0 Å². The summed E-state index contributed by atoms with van der Waals surface area (Å²) in [5, 5.41) is 0. The Morgan fingerprint density at radius 2 is 1.85 bits per heavy atom. The summed E-state index contributed by atoms with van der Waals surface area (Å²) in [5.41, 5.74) is -1.25. The zero-order chi connectivity index (χ0) is 9.69. The fourth-order valence-corrected chi connectivity index (χ4v) is 2.32. The van der Waals surface area contributed by atoms with Gasteiger partial charge in [0.15, 0.2) is 0 Å². The maximum atomic E-state index is 12.5. The van der Waals surface area contributed by atoms with E-state index >= 15 is 0 Å². The van der Waals surface area contributed by atoms with Crippen LogP contribution in [0.3, 0.4) is 0 Å². The van der Waals surface area contributed by atoms with Gasteiger partial charge in [-0.15, -0.1) is 0 Å². The quantitative estimate of drug-likeness (QED) is 0.638. The first kappa shape index (κ1) is 9.35. The van der Waals surface area contributed by atoms with Crippen molar-refractivity contribution in [3.05, 3.63) is 0 Å². The van der Waals surface area contributed by atoms with Gasteiger partial charge in [0.2, 0.25) is 0 Å². The van der Waals surface area contributed by atoms with Crippen molar-refractivity contribution in [1.82, 2.24) is 0 Å². The molecule has 2 aliphatic carbocycles. The van der Waals surface area contributed by atoms with Gasteiger partial charge in [0, 0.05) is 0 Å². The molecule has 2 rings (SSSR count). The van der Waals surface area contributed by atoms with Gasteiger partial charge in [-0.3, -0.25) is 0 Å². The van der Waals surface area contributed by atoms with Gasteiger partial charge in [-0.2, -0.15) is 13.2 Å². The third-order valence-electron chi connectivity index (χ3n) is 3.70. The van der Waals surface area contributed by atoms with Crippen LogP contribution in [-0.4, -0.2) is 6.18 Å². The molecule has 0 bridgehead atoms. The minimum Gasteiger partial charge on any atom is -0.171 e. The van der Waals surface area contributed by atoms with Crippen LogP contribution in [0.15, 0.2) is 0 Å². The maximum absolute atomic E-state index is 12.5. The summed E-state index contributed by atoms with van der Waals surface area (Å²) in [4.78, 5) is 0. The average Bonchev–Trinajstić information content (AvgIpc) is 2.84. The summed E-state index contributed by atoms with van der Waals surface area (Å²) < 4.78 is 37.5. The summed E-state index contributed by atoms with van der Waals surface area (Å²) in [5.74, 6) is 0.981. The molecule has 2 atom stereocenters. The molecule has 0 amide bonds. The lowest BCUT2D eigenvalue weighted by atomic mass is 9.97. The monoisotopic (exact) mass is 192 g/mol. The van der Waals surface area contributed by atoms with Crippen molar-refractivity contribution >= 4 is 0 Å². The molecule has 0 aromatic carbocycles. The minimum absolute atomic E-state index is 0.378. The molecule has 3 heteroatoms. The second-order valence-electron chi connectivity index (χ2n) is 4.65. The molecule has 0 aliphatic heterocycles. The van der Waals surface area contributed by atoms with E-state index < -0.39 is 11.6 Å². The van der Waals surface area contributed by atoms with Crippen LogP contribution in [0.1, 0.15) is 39.0 Å². The van der Waals surface area contributed by atoms with Crippen LogP contribution in [0.2, 0.25) is 0 Å². The Kier molecular flexibility index (Phi) is 1.90. The molecule has 0 heterocycles. The molecule has 0 N–H and O–H groups in total. The van der Waals surface area contributed by atoms with Crippen molar-refractivity contribution in [2.24, 2.45) is 17.3 Å². The topological polar surface area (TPSA) is 0 Å². The molecular formula is C10H15F3. The highest BCUT2D eigenvalue weighted by Crippen LogP contribution is 2.64. The zero-order valence-corrected chi connectivity index (χ0v) is 7.82. The number of alkyl halides is 3. The van der Waals surface area contributed by atoms with E-state index in [0.717, 1.165) is 12.8 Å². The van der Waals surface area contributed by atoms with Crippen LogP contribution in [0.5, 0.6) is 0 Å². The summed E-state index contributed by atoms with van der Waals surface area (Å²) >= 11 is 0. The van der Waals surface area contributed by atoms with E-state index in [1.807, 2.05) is 0 Å². The normalized spacial score (nSPS) is 36.0. The molecule has 0 aromatic rings. The van der Waals surface area contributed by atoms with Gasteiger partial charge in [-0.05, 0) is 37.5 Å². The maximum Gasteiger partial charge on any atom is 0.394 e. The van der Waals surface area contributed by atoms with Crippen molar-refractivity contribution in [3.63, 3.8) is 0 Å². The van der Waals surface area contributed by atoms with E-state index in [1.54, 1.807) is 0 Å². The van der Waals surface area contributed by atoms with Crippen molar-refractivity contribution in [1.29, 1.82) is 0 Å². The van der Waals surface area contributed by atoms with Crippen molar-refractivity contribution in [2.45, 2.75) is 45.2 Å². The molecule has 76 valence electrons. The smallest absolute Gasteiger partial charge is 0.171 e. The SMILES string of the molecule is CCC1CC1CC1(C(F)(F)F)CC1. The third-order valence-corrected chi connectivity index (χ3v) is 3.70. The molecule has 0 saturated heterocycles. The number of hydrogen-bond donors (Lipinski definition) is 0. The molecule has 0 aromatic heterocycles. The van der Waals surface area contributed by atoms with E-state index in [4.69, 9.17) is 0 Å². The van der Waals surface area contributed by atoms with E-state index in [2.05, 4.69) is 6.92 Å². The third kappa shape index (κ3) is 1.57. The summed E-state index contributed by atoms with van der Waals surface area (Å²) in [6.45, 7) is 2.07. The Balaban J connectivity index is 1.88.